The Kier molecular flexibility index (Phi) is 4.96. The van der Waals surface area contributed by atoms with Crippen LogP contribution in [-0.4, -0.2) is 11.2 Å². The van der Waals surface area contributed by atoms with Crippen LogP contribution in [0.2, 0.25) is 0 Å². The molecule has 1 rings (SSSR count). The van der Waals surface area contributed by atoms with Gasteiger partial charge in [0, 0.05) is 17.8 Å². The van der Waals surface area contributed by atoms with E-state index in [4.69, 9.17) is 5.73 Å². The number of hydrogen-bond acceptors (Lipinski definition) is 2. The minimum atomic E-state index is -4.40. The van der Waals surface area contributed by atoms with Crippen molar-refractivity contribution in [3.05, 3.63) is 29.8 Å². The highest BCUT2D eigenvalue weighted by Crippen LogP contribution is 2.28. The van der Waals surface area contributed by atoms with Crippen LogP contribution in [0.25, 0.3) is 0 Å². The summed E-state index contributed by atoms with van der Waals surface area (Å²) in [5.41, 5.74) is 4.96. The molecule has 15 heavy (non-hydrogen) atoms. The minimum absolute atomic E-state index is 0. The van der Waals surface area contributed by atoms with Crippen LogP contribution in [-0.2, 0) is 0 Å². The van der Waals surface area contributed by atoms with E-state index in [2.05, 4.69) is 4.98 Å². The molecule has 86 valence electrons. The second-order valence-electron chi connectivity index (χ2n) is 2.81. The predicted octanol–water partition coefficient (Wildman–Crippen LogP) is 2.59. The quantitative estimate of drug-likeness (QED) is 0.642. The maximum absolute atomic E-state index is 12.9. The van der Waals surface area contributed by atoms with Crippen molar-refractivity contribution < 1.29 is 17.6 Å². The van der Waals surface area contributed by atoms with Gasteiger partial charge in [-0.1, -0.05) is 6.07 Å². The fraction of sp³-hybridized carbons (Fsp3) is 0.375. The van der Waals surface area contributed by atoms with Gasteiger partial charge >= 0.3 is 6.18 Å². The topological polar surface area (TPSA) is 38.9 Å². The van der Waals surface area contributed by atoms with Gasteiger partial charge in [0.05, 0.1) is 6.42 Å². The Morgan fingerprint density at radius 2 is 2.00 bits per heavy atom. The monoisotopic (exact) mass is 244 g/mol. The van der Waals surface area contributed by atoms with Gasteiger partial charge in [-0.3, -0.25) is 0 Å². The van der Waals surface area contributed by atoms with Gasteiger partial charge in [-0.05, 0) is 6.07 Å². The summed E-state index contributed by atoms with van der Waals surface area (Å²) in [4.78, 5) is 3.22. The smallest absolute Gasteiger partial charge is 0.324 e. The van der Waals surface area contributed by atoms with Crippen molar-refractivity contribution in [1.82, 2.24) is 4.98 Å². The highest BCUT2D eigenvalue weighted by Gasteiger charge is 2.31. The molecule has 1 heterocycles. The SMILES string of the molecule is Cl.N[C@H](CC(F)(F)F)c1cccnc1F. The van der Waals surface area contributed by atoms with Crippen molar-refractivity contribution in [1.29, 1.82) is 0 Å². The lowest BCUT2D eigenvalue weighted by Crippen LogP contribution is -2.21. The zero-order valence-electron chi connectivity index (χ0n) is 7.46. The van der Waals surface area contributed by atoms with Gasteiger partial charge in [-0.2, -0.15) is 17.6 Å². The summed E-state index contributed by atoms with van der Waals surface area (Å²) in [5, 5.41) is 0. The molecule has 0 aliphatic rings. The maximum atomic E-state index is 12.9. The molecule has 0 radical (unpaired) electrons. The van der Waals surface area contributed by atoms with Crippen molar-refractivity contribution in [3.63, 3.8) is 0 Å². The summed E-state index contributed by atoms with van der Waals surface area (Å²) in [6.45, 7) is 0. The molecule has 0 fully saturated rings. The van der Waals surface area contributed by atoms with E-state index in [1.165, 1.54) is 12.1 Å². The second-order valence-corrected chi connectivity index (χ2v) is 2.81. The second kappa shape index (κ2) is 5.27. The third kappa shape index (κ3) is 4.44. The molecule has 7 heteroatoms. The first kappa shape index (κ1) is 14.1. The van der Waals surface area contributed by atoms with Gasteiger partial charge in [0.1, 0.15) is 0 Å². The average Bonchev–Trinajstić information content (AvgIpc) is 2.01. The standard InChI is InChI=1S/C8H8F4N2.ClH/c9-7-5(2-1-3-14-7)6(13)4-8(10,11)12;/h1-3,6H,4,13H2;1H/t6-;/m1./s1. The Balaban J connectivity index is 0.00000196. The molecular formula is C8H9ClF4N2. The number of pyridine rings is 1. The van der Waals surface area contributed by atoms with E-state index in [-0.39, 0.29) is 18.0 Å². The lowest BCUT2D eigenvalue weighted by molar-refractivity contribution is -0.138. The zero-order chi connectivity index (χ0) is 10.8. The molecule has 0 saturated heterocycles. The van der Waals surface area contributed by atoms with E-state index < -0.39 is 24.6 Å². The highest BCUT2D eigenvalue weighted by atomic mass is 35.5. The van der Waals surface area contributed by atoms with Crippen LogP contribution in [0.1, 0.15) is 18.0 Å². The van der Waals surface area contributed by atoms with Crippen molar-refractivity contribution >= 4 is 12.4 Å². The third-order valence-corrected chi connectivity index (χ3v) is 1.64. The van der Waals surface area contributed by atoms with Gasteiger partial charge in [-0.15, -0.1) is 12.4 Å². The summed E-state index contributed by atoms with van der Waals surface area (Å²) < 4.78 is 48.6. The molecule has 1 aromatic heterocycles. The first-order valence-corrected chi connectivity index (χ1v) is 3.83. The molecule has 0 aliphatic heterocycles. The lowest BCUT2D eigenvalue weighted by Gasteiger charge is -2.14. The van der Waals surface area contributed by atoms with Crippen LogP contribution in [0.5, 0.6) is 0 Å². The fourth-order valence-electron chi connectivity index (χ4n) is 1.03. The Morgan fingerprint density at radius 1 is 1.40 bits per heavy atom. The number of hydrogen-bond donors (Lipinski definition) is 1. The van der Waals surface area contributed by atoms with Crippen molar-refractivity contribution in [3.8, 4) is 0 Å². The molecule has 1 atom stereocenters. The van der Waals surface area contributed by atoms with Crippen molar-refractivity contribution in [2.45, 2.75) is 18.6 Å². The Bertz CT molecular complexity index is 316. The van der Waals surface area contributed by atoms with E-state index in [1.54, 1.807) is 0 Å². The van der Waals surface area contributed by atoms with Crippen LogP contribution in [0, 0.1) is 5.95 Å². The lowest BCUT2D eigenvalue weighted by atomic mass is 10.1. The normalized spacial score (nSPS) is 13.1. The number of nitrogens with zero attached hydrogens (tertiary/aromatic N) is 1. The van der Waals surface area contributed by atoms with Crippen LogP contribution in [0.3, 0.4) is 0 Å². The minimum Gasteiger partial charge on any atom is -0.324 e. The largest absolute Gasteiger partial charge is 0.390 e. The van der Waals surface area contributed by atoms with Gasteiger partial charge in [0.15, 0.2) is 0 Å². The summed E-state index contributed by atoms with van der Waals surface area (Å²) in [6, 6.07) is 1.14. The molecule has 0 unspecified atom stereocenters. The van der Waals surface area contributed by atoms with Gasteiger partial charge in [0.2, 0.25) is 5.95 Å². The molecule has 2 N–H and O–H groups in total. The molecule has 0 spiro atoms. The van der Waals surface area contributed by atoms with Crippen molar-refractivity contribution in [2.24, 2.45) is 5.73 Å². The van der Waals surface area contributed by atoms with Crippen molar-refractivity contribution in [2.75, 3.05) is 0 Å². The van der Waals surface area contributed by atoms with E-state index in [1.807, 2.05) is 0 Å². The molecule has 2 nitrogen and oxygen atoms in total. The van der Waals surface area contributed by atoms with Crippen LogP contribution in [0.15, 0.2) is 18.3 Å². The molecule has 0 amide bonds. The summed E-state index contributed by atoms with van der Waals surface area (Å²) in [6.07, 6.45) is -4.50. The molecule has 0 aromatic carbocycles. The Labute approximate surface area is 89.9 Å². The van der Waals surface area contributed by atoms with Crippen LogP contribution >= 0.6 is 12.4 Å². The van der Waals surface area contributed by atoms with Crippen LogP contribution < -0.4 is 5.73 Å². The Morgan fingerprint density at radius 3 is 2.47 bits per heavy atom. The molecular weight excluding hydrogens is 236 g/mol. The zero-order valence-corrected chi connectivity index (χ0v) is 8.28. The van der Waals surface area contributed by atoms with E-state index >= 15 is 0 Å². The number of halogens is 5. The summed E-state index contributed by atoms with van der Waals surface area (Å²) in [7, 11) is 0. The van der Waals surface area contributed by atoms with E-state index in [0.717, 1.165) is 6.20 Å². The number of alkyl halides is 3. The number of nitrogens with two attached hydrogens (primary N) is 1. The highest BCUT2D eigenvalue weighted by molar-refractivity contribution is 5.85. The van der Waals surface area contributed by atoms with Crippen LogP contribution in [0.4, 0.5) is 17.6 Å². The van der Waals surface area contributed by atoms with Gasteiger partial charge < -0.3 is 5.73 Å². The molecule has 0 aliphatic carbocycles. The Hall–Kier alpha value is -0.880. The summed E-state index contributed by atoms with van der Waals surface area (Å²) >= 11 is 0. The van der Waals surface area contributed by atoms with E-state index in [9.17, 15) is 17.6 Å². The third-order valence-electron chi connectivity index (χ3n) is 1.64. The maximum Gasteiger partial charge on any atom is 0.390 e. The first-order chi connectivity index (χ1) is 6.40. The summed E-state index contributed by atoms with van der Waals surface area (Å²) in [5.74, 6) is -0.954. The van der Waals surface area contributed by atoms with E-state index in [0.29, 0.717) is 0 Å². The predicted molar refractivity (Wildman–Crippen MR) is 49.0 cm³/mol. The number of rotatable bonds is 2. The first-order valence-electron chi connectivity index (χ1n) is 3.83. The molecule has 1 aromatic rings. The van der Waals surface area contributed by atoms with Gasteiger partial charge in [0.25, 0.3) is 0 Å². The van der Waals surface area contributed by atoms with Gasteiger partial charge in [-0.25, -0.2) is 4.98 Å². The molecule has 0 bridgehead atoms. The number of aromatic nitrogens is 1. The molecule has 0 saturated carbocycles. The fourth-order valence-corrected chi connectivity index (χ4v) is 1.03. The average molecular weight is 245 g/mol.